The molecule has 0 spiro atoms. The minimum absolute atomic E-state index is 0.278. The number of benzene rings is 1. The van der Waals surface area contributed by atoms with E-state index in [1.165, 1.54) is 20.6 Å². The van der Waals surface area contributed by atoms with Crippen molar-refractivity contribution in [2.75, 3.05) is 0 Å². The number of thiophene rings is 1. The Labute approximate surface area is 250 Å². The summed E-state index contributed by atoms with van der Waals surface area (Å²) >= 11 is 1.44. The second-order valence-corrected chi connectivity index (χ2v) is 14.4. The van der Waals surface area contributed by atoms with Gasteiger partial charge in [0, 0.05) is 10.8 Å². The van der Waals surface area contributed by atoms with E-state index in [1.54, 1.807) is 0 Å². The van der Waals surface area contributed by atoms with E-state index in [0.29, 0.717) is 22.4 Å². The van der Waals surface area contributed by atoms with Crippen LogP contribution < -0.4 is 0 Å². The number of carbonyl (C=O) groups excluding carboxylic acids is 2. The lowest BCUT2D eigenvalue weighted by Crippen LogP contribution is -2.39. The summed E-state index contributed by atoms with van der Waals surface area (Å²) in [6, 6.07) is 9.69. The van der Waals surface area contributed by atoms with Gasteiger partial charge < -0.3 is 18.3 Å². The average Bonchev–Trinajstić information content (AvgIpc) is 3.54. The maximum Gasteiger partial charge on any atom is 0.435 e. The summed E-state index contributed by atoms with van der Waals surface area (Å²) in [5.74, 6) is 0. The number of fused-ring (bicyclic) bond motifs is 2. The SMILES string of the molecule is C[Si]OC(O[Si]C)C(C)(C)c1ccc2c(c1)cc(-c1nn(C(=O)OC(C)(C)C)c3ccsc13)n2C(=O)OC(C)(C)C. The van der Waals surface area contributed by atoms with E-state index in [4.69, 9.17) is 18.3 Å². The first-order valence-electron chi connectivity index (χ1n) is 13.3. The van der Waals surface area contributed by atoms with Crippen LogP contribution in [0.2, 0.25) is 13.1 Å². The molecule has 3 heterocycles. The van der Waals surface area contributed by atoms with Crippen molar-refractivity contribution in [3.8, 4) is 11.4 Å². The van der Waals surface area contributed by atoms with Crippen LogP contribution in [0.15, 0.2) is 35.7 Å². The fourth-order valence-electron chi connectivity index (χ4n) is 4.42. The molecule has 41 heavy (non-hydrogen) atoms. The summed E-state index contributed by atoms with van der Waals surface area (Å²) in [5.41, 5.74) is 1.42. The largest absolute Gasteiger partial charge is 0.443 e. The predicted molar refractivity (Wildman–Crippen MR) is 164 cm³/mol. The average molecular weight is 612 g/mol. The fourth-order valence-corrected chi connectivity index (χ4v) is 6.50. The van der Waals surface area contributed by atoms with Crippen molar-refractivity contribution < 1.29 is 27.9 Å². The van der Waals surface area contributed by atoms with Crippen molar-refractivity contribution >= 4 is 64.2 Å². The van der Waals surface area contributed by atoms with Crippen LogP contribution in [-0.2, 0) is 23.7 Å². The van der Waals surface area contributed by atoms with Crippen molar-refractivity contribution in [3.63, 3.8) is 0 Å². The molecule has 0 fully saturated rings. The van der Waals surface area contributed by atoms with Gasteiger partial charge in [0.25, 0.3) is 0 Å². The monoisotopic (exact) mass is 611 g/mol. The Bertz CT molecular complexity index is 1570. The second-order valence-electron chi connectivity index (χ2n) is 12.2. The minimum Gasteiger partial charge on any atom is -0.443 e. The van der Waals surface area contributed by atoms with Crippen LogP contribution in [0.4, 0.5) is 9.59 Å². The zero-order valence-electron chi connectivity index (χ0n) is 25.2. The number of nitrogens with zero attached hydrogens (tertiary/aromatic N) is 3. The molecule has 0 aliphatic heterocycles. The van der Waals surface area contributed by atoms with Crippen LogP contribution in [0, 0.1) is 0 Å². The van der Waals surface area contributed by atoms with Gasteiger partial charge in [-0.2, -0.15) is 9.78 Å². The molecule has 4 rings (SSSR count). The number of ether oxygens (including phenoxy) is 2. The second kappa shape index (κ2) is 11.5. The molecule has 3 aromatic heterocycles. The Balaban J connectivity index is 1.93. The van der Waals surface area contributed by atoms with Crippen molar-refractivity contribution in [1.82, 2.24) is 14.3 Å². The zero-order valence-corrected chi connectivity index (χ0v) is 28.1. The lowest BCUT2D eigenvalue weighted by Gasteiger charge is -2.34. The van der Waals surface area contributed by atoms with Gasteiger partial charge >= 0.3 is 12.2 Å². The summed E-state index contributed by atoms with van der Waals surface area (Å²) in [6.07, 6.45) is -1.54. The molecule has 0 N–H and O–H groups in total. The van der Waals surface area contributed by atoms with Gasteiger partial charge in [0.2, 0.25) is 19.5 Å². The van der Waals surface area contributed by atoms with Crippen LogP contribution in [0.3, 0.4) is 0 Å². The van der Waals surface area contributed by atoms with Crippen LogP contribution in [0.5, 0.6) is 0 Å². The number of carbonyl (C=O) groups is 2. The molecule has 0 aliphatic carbocycles. The van der Waals surface area contributed by atoms with Gasteiger partial charge in [-0.1, -0.05) is 19.9 Å². The number of aromatic nitrogens is 3. The molecule has 4 aromatic rings. The van der Waals surface area contributed by atoms with Crippen LogP contribution in [0.1, 0.15) is 61.0 Å². The Morgan fingerprint density at radius 3 is 2.05 bits per heavy atom. The Kier molecular flexibility index (Phi) is 8.73. The molecule has 9 nitrogen and oxygen atoms in total. The van der Waals surface area contributed by atoms with Crippen LogP contribution in [-0.4, -0.2) is 63.6 Å². The predicted octanol–water partition coefficient (Wildman–Crippen LogP) is 7.26. The fraction of sp³-hybridized carbons (Fsp3) is 0.483. The standard InChI is InChI=1S/C29H37N3O6SSi2/c1-27(2,3)35-25(33)31-19-12-11-18(29(7,8)24(37-40-9)38-41-10)15-17(19)16-21(31)22-23-20(13-14-39-23)32(30-22)26(34)36-28(4,5)6/h11-16,24H,1-10H3. The molecule has 0 aliphatic rings. The van der Waals surface area contributed by atoms with Crippen molar-refractivity contribution in [2.24, 2.45) is 0 Å². The van der Waals surface area contributed by atoms with Crippen molar-refractivity contribution in [2.45, 2.75) is 91.4 Å². The van der Waals surface area contributed by atoms with Gasteiger partial charge in [-0.25, -0.2) is 14.2 Å². The molecule has 218 valence electrons. The summed E-state index contributed by atoms with van der Waals surface area (Å²) in [6.45, 7) is 19.0. The molecular formula is C29H37N3O6SSi2. The summed E-state index contributed by atoms with van der Waals surface area (Å²) in [4.78, 5) is 26.8. The Morgan fingerprint density at radius 2 is 1.46 bits per heavy atom. The molecular weight excluding hydrogens is 575 g/mol. The van der Waals surface area contributed by atoms with E-state index in [9.17, 15) is 9.59 Å². The van der Waals surface area contributed by atoms with Gasteiger partial charge in [-0.15, -0.1) is 11.3 Å². The molecule has 0 atom stereocenters. The van der Waals surface area contributed by atoms with E-state index in [-0.39, 0.29) is 19.5 Å². The molecule has 0 amide bonds. The van der Waals surface area contributed by atoms with Gasteiger partial charge in [-0.05, 0) is 89.8 Å². The van der Waals surface area contributed by atoms with Gasteiger partial charge in [0.15, 0.2) is 0 Å². The lowest BCUT2D eigenvalue weighted by molar-refractivity contribution is -0.0432. The van der Waals surface area contributed by atoms with Crippen molar-refractivity contribution in [3.05, 3.63) is 41.3 Å². The first-order chi connectivity index (χ1) is 19.1. The minimum atomic E-state index is -0.717. The normalized spacial score (nSPS) is 13.0. The molecule has 0 bridgehead atoms. The molecule has 4 radical (unpaired) electrons. The smallest absolute Gasteiger partial charge is 0.435 e. The Morgan fingerprint density at radius 1 is 0.854 bits per heavy atom. The Hall–Kier alpha value is -2.78. The highest BCUT2D eigenvalue weighted by Crippen LogP contribution is 2.38. The maximum absolute atomic E-state index is 13.7. The van der Waals surface area contributed by atoms with Crippen LogP contribution >= 0.6 is 11.3 Å². The highest BCUT2D eigenvalue weighted by Gasteiger charge is 2.34. The molecule has 0 saturated carbocycles. The summed E-state index contributed by atoms with van der Waals surface area (Å²) in [5, 5.41) is 7.39. The third-order valence-electron chi connectivity index (χ3n) is 6.26. The van der Waals surface area contributed by atoms with Gasteiger partial charge in [0.1, 0.15) is 23.2 Å². The van der Waals surface area contributed by atoms with E-state index >= 15 is 0 Å². The first-order valence-corrected chi connectivity index (χ1v) is 17.0. The molecule has 1 aromatic carbocycles. The third-order valence-corrected chi connectivity index (χ3v) is 8.07. The number of rotatable bonds is 7. The van der Waals surface area contributed by atoms with E-state index in [0.717, 1.165) is 15.6 Å². The van der Waals surface area contributed by atoms with E-state index in [2.05, 4.69) is 18.9 Å². The van der Waals surface area contributed by atoms with Gasteiger partial charge in [0.05, 0.1) is 21.4 Å². The maximum atomic E-state index is 13.7. The van der Waals surface area contributed by atoms with Gasteiger partial charge in [-0.3, -0.25) is 0 Å². The lowest BCUT2D eigenvalue weighted by atomic mass is 9.83. The highest BCUT2D eigenvalue weighted by atomic mass is 32.1. The van der Waals surface area contributed by atoms with Crippen molar-refractivity contribution in [1.29, 1.82) is 0 Å². The highest BCUT2D eigenvalue weighted by molar-refractivity contribution is 7.17. The number of hydrogen-bond donors (Lipinski definition) is 0. The van der Waals surface area contributed by atoms with E-state index < -0.39 is 35.1 Å². The third kappa shape index (κ3) is 6.51. The molecule has 12 heteroatoms. The van der Waals surface area contributed by atoms with Crippen LogP contribution in [0.25, 0.3) is 32.5 Å². The summed E-state index contributed by atoms with van der Waals surface area (Å²) < 4.78 is 27.0. The van der Waals surface area contributed by atoms with E-state index in [1.807, 2.05) is 90.3 Å². The first kappa shape index (κ1) is 31.2. The number of hydrogen-bond acceptors (Lipinski definition) is 8. The topological polar surface area (TPSA) is 93.8 Å². The summed E-state index contributed by atoms with van der Waals surface area (Å²) in [7, 11) is 0.557. The quantitative estimate of drug-likeness (QED) is 0.160. The molecule has 0 unspecified atom stereocenters. The molecule has 0 saturated heterocycles. The zero-order chi connectivity index (χ0) is 30.3.